The molecule has 2 fully saturated rings. The van der Waals surface area contributed by atoms with Crippen LogP contribution in [0.15, 0.2) is 0 Å². The maximum atomic E-state index is 12.3. The van der Waals surface area contributed by atoms with Crippen molar-refractivity contribution in [1.29, 1.82) is 0 Å². The van der Waals surface area contributed by atoms with Crippen molar-refractivity contribution in [2.24, 2.45) is 11.7 Å². The van der Waals surface area contributed by atoms with Crippen LogP contribution >= 0.6 is 0 Å². The highest BCUT2D eigenvalue weighted by Gasteiger charge is 2.39. The van der Waals surface area contributed by atoms with Gasteiger partial charge in [-0.2, -0.15) is 0 Å². The quantitative estimate of drug-likeness (QED) is 0.771. The molecule has 0 aromatic rings. The van der Waals surface area contributed by atoms with Crippen LogP contribution in [0.25, 0.3) is 0 Å². The molecular weight excluding hydrogens is 212 g/mol. The van der Waals surface area contributed by atoms with Gasteiger partial charge < -0.3 is 10.6 Å². The minimum Gasteiger partial charge on any atom is -0.340 e. The van der Waals surface area contributed by atoms with Crippen molar-refractivity contribution in [3.05, 3.63) is 0 Å². The molecule has 2 rings (SSSR count). The number of rotatable bonds is 6. The van der Waals surface area contributed by atoms with Gasteiger partial charge in [-0.05, 0) is 44.4 Å². The average molecular weight is 238 g/mol. The highest BCUT2D eigenvalue weighted by Crippen LogP contribution is 2.35. The predicted molar refractivity (Wildman–Crippen MR) is 69.6 cm³/mol. The first kappa shape index (κ1) is 12.9. The fourth-order valence-electron chi connectivity index (χ4n) is 2.50. The molecule has 2 saturated carbocycles. The molecule has 0 heterocycles. The summed E-state index contributed by atoms with van der Waals surface area (Å²) in [6.45, 7) is 5.36. The maximum Gasteiger partial charge on any atom is 0.224 e. The van der Waals surface area contributed by atoms with Crippen molar-refractivity contribution in [2.45, 2.75) is 70.4 Å². The second kappa shape index (κ2) is 4.97. The van der Waals surface area contributed by atoms with Crippen LogP contribution in [-0.2, 0) is 4.79 Å². The fraction of sp³-hybridized carbons (Fsp3) is 0.929. The molecule has 0 atom stereocenters. The van der Waals surface area contributed by atoms with Gasteiger partial charge in [-0.1, -0.05) is 13.8 Å². The molecular formula is C14H26N2O. The first-order chi connectivity index (χ1) is 8.00. The first-order valence-electron chi connectivity index (χ1n) is 7.08. The molecule has 98 valence electrons. The second-order valence-corrected chi connectivity index (χ2v) is 6.39. The summed E-state index contributed by atoms with van der Waals surface area (Å²) in [4.78, 5) is 14.4. The lowest BCUT2D eigenvalue weighted by atomic mass is 9.75. The number of nitrogens with zero attached hydrogens (tertiary/aromatic N) is 1. The Kier molecular flexibility index (Phi) is 3.76. The molecule has 0 bridgehead atoms. The monoisotopic (exact) mass is 238 g/mol. The van der Waals surface area contributed by atoms with Crippen molar-refractivity contribution in [2.75, 3.05) is 6.54 Å². The van der Waals surface area contributed by atoms with E-state index in [4.69, 9.17) is 5.73 Å². The Morgan fingerprint density at radius 3 is 2.47 bits per heavy atom. The van der Waals surface area contributed by atoms with Crippen molar-refractivity contribution in [3.63, 3.8) is 0 Å². The van der Waals surface area contributed by atoms with E-state index < -0.39 is 0 Å². The Morgan fingerprint density at radius 1 is 1.41 bits per heavy atom. The van der Waals surface area contributed by atoms with Crippen LogP contribution in [0.3, 0.4) is 0 Å². The van der Waals surface area contributed by atoms with Gasteiger partial charge in [-0.15, -0.1) is 0 Å². The molecule has 2 aliphatic rings. The van der Waals surface area contributed by atoms with Crippen molar-refractivity contribution >= 4 is 5.91 Å². The van der Waals surface area contributed by atoms with Crippen molar-refractivity contribution < 1.29 is 4.79 Å². The van der Waals surface area contributed by atoms with Gasteiger partial charge in [-0.3, -0.25) is 4.79 Å². The number of amides is 1. The van der Waals surface area contributed by atoms with Gasteiger partial charge in [-0.25, -0.2) is 0 Å². The van der Waals surface area contributed by atoms with Crippen LogP contribution in [0.2, 0.25) is 0 Å². The van der Waals surface area contributed by atoms with E-state index in [1.165, 1.54) is 19.3 Å². The molecule has 0 aromatic heterocycles. The summed E-state index contributed by atoms with van der Waals surface area (Å²) in [6.07, 6.45) is 7.33. The third-order valence-corrected chi connectivity index (χ3v) is 4.11. The summed E-state index contributed by atoms with van der Waals surface area (Å²) < 4.78 is 0. The summed E-state index contributed by atoms with van der Waals surface area (Å²) >= 11 is 0. The van der Waals surface area contributed by atoms with E-state index in [2.05, 4.69) is 18.7 Å². The molecule has 0 aromatic carbocycles. The summed E-state index contributed by atoms with van der Waals surface area (Å²) in [5.74, 6) is 0.968. The molecule has 3 nitrogen and oxygen atoms in total. The Morgan fingerprint density at radius 2 is 2.06 bits per heavy atom. The van der Waals surface area contributed by atoms with Crippen LogP contribution in [0, 0.1) is 5.92 Å². The molecule has 17 heavy (non-hydrogen) atoms. The minimum absolute atomic E-state index is 0.165. The van der Waals surface area contributed by atoms with E-state index >= 15 is 0 Å². The minimum atomic E-state index is -0.165. The molecule has 0 spiro atoms. The Bertz CT molecular complexity index is 280. The lowest BCUT2D eigenvalue weighted by Crippen LogP contribution is -2.51. The third-order valence-electron chi connectivity index (χ3n) is 4.11. The average Bonchev–Trinajstić information content (AvgIpc) is 2.99. The zero-order valence-corrected chi connectivity index (χ0v) is 11.2. The van der Waals surface area contributed by atoms with Gasteiger partial charge in [0.05, 0.1) is 0 Å². The van der Waals surface area contributed by atoms with Gasteiger partial charge in [0, 0.05) is 24.5 Å². The number of carbonyl (C=O) groups excluding carboxylic acids is 1. The van der Waals surface area contributed by atoms with Crippen molar-refractivity contribution in [1.82, 2.24) is 4.90 Å². The summed E-state index contributed by atoms with van der Waals surface area (Å²) in [7, 11) is 0. The zero-order valence-electron chi connectivity index (χ0n) is 11.2. The number of nitrogens with two attached hydrogens (primary N) is 1. The molecule has 2 aliphatic carbocycles. The lowest BCUT2D eigenvalue weighted by molar-refractivity contribution is -0.134. The first-order valence-corrected chi connectivity index (χ1v) is 7.08. The van der Waals surface area contributed by atoms with Gasteiger partial charge >= 0.3 is 0 Å². The van der Waals surface area contributed by atoms with Gasteiger partial charge in [0.2, 0.25) is 5.91 Å². The van der Waals surface area contributed by atoms with E-state index in [1.54, 1.807) is 0 Å². The number of hydrogen-bond donors (Lipinski definition) is 1. The second-order valence-electron chi connectivity index (χ2n) is 6.39. The van der Waals surface area contributed by atoms with Crippen LogP contribution in [0.4, 0.5) is 0 Å². The Hall–Kier alpha value is -0.570. The molecule has 0 saturated heterocycles. The smallest absolute Gasteiger partial charge is 0.224 e. The zero-order chi connectivity index (χ0) is 12.5. The predicted octanol–water partition coefficient (Wildman–Crippen LogP) is 2.29. The van der Waals surface area contributed by atoms with Gasteiger partial charge in [0.25, 0.3) is 0 Å². The van der Waals surface area contributed by atoms with E-state index in [1.807, 2.05) is 0 Å². The molecule has 0 aliphatic heterocycles. The van der Waals surface area contributed by atoms with E-state index in [0.717, 1.165) is 25.8 Å². The topological polar surface area (TPSA) is 46.3 Å². The van der Waals surface area contributed by atoms with E-state index in [9.17, 15) is 4.79 Å². The van der Waals surface area contributed by atoms with Gasteiger partial charge in [0.1, 0.15) is 0 Å². The largest absolute Gasteiger partial charge is 0.340 e. The van der Waals surface area contributed by atoms with E-state index in [-0.39, 0.29) is 5.54 Å². The van der Waals surface area contributed by atoms with Crippen LogP contribution in [0.5, 0.6) is 0 Å². The Balaban J connectivity index is 1.84. The summed E-state index contributed by atoms with van der Waals surface area (Å²) in [5.41, 5.74) is 6.01. The Labute approximate surface area is 105 Å². The highest BCUT2D eigenvalue weighted by molar-refractivity contribution is 5.78. The maximum absolute atomic E-state index is 12.3. The van der Waals surface area contributed by atoms with Crippen molar-refractivity contribution in [3.8, 4) is 0 Å². The normalized spacial score (nSPS) is 22.4. The molecule has 1 amide bonds. The summed E-state index contributed by atoms with van der Waals surface area (Å²) in [6, 6.07) is 0.532. The van der Waals surface area contributed by atoms with Gasteiger partial charge in [0.15, 0.2) is 0 Å². The molecule has 0 radical (unpaired) electrons. The highest BCUT2D eigenvalue weighted by atomic mass is 16.2. The number of carbonyl (C=O) groups is 1. The summed E-state index contributed by atoms with van der Waals surface area (Å²) in [5, 5.41) is 0. The number of hydrogen-bond acceptors (Lipinski definition) is 2. The SMILES string of the molecule is CC(C)CCN(C(=O)CC1(N)CCC1)C1CC1. The molecule has 0 unspecified atom stereocenters. The molecule has 3 heteroatoms. The van der Waals surface area contributed by atoms with Crippen LogP contribution in [-0.4, -0.2) is 28.9 Å². The fourth-order valence-corrected chi connectivity index (χ4v) is 2.50. The van der Waals surface area contributed by atoms with Crippen LogP contribution < -0.4 is 5.73 Å². The van der Waals surface area contributed by atoms with Crippen LogP contribution in [0.1, 0.15) is 58.8 Å². The third kappa shape index (κ3) is 3.44. The standard InChI is InChI=1S/C14H26N2O/c1-11(2)6-9-16(12-4-5-12)13(17)10-14(15)7-3-8-14/h11-12H,3-10,15H2,1-2H3. The van der Waals surface area contributed by atoms with E-state index in [0.29, 0.717) is 24.3 Å². The lowest BCUT2D eigenvalue weighted by Gasteiger charge is -2.39. The molecule has 2 N–H and O–H groups in total.